The topological polar surface area (TPSA) is 106 Å². The lowest BCUT2D eigenvalue weighted by Gasteiger charge is -2.31. The molecular formula is C21H27F3N2O6. The number of esters is 1. The van der Waals surface area contributed by atoms with Crippen LogP contribution in [0.1, 0.15) is 33.6 Å². The van der Waals surface area contributed by atoms with Crippen LogP contribution in [0.3, 0.4) is 0 Å². The molecule has 11 heteroatoms. The number of carbonyl (C=O) groups is 3. The first-order chi connectivity index (χ1) is 14.7. The summed E-state index contributed by atoms with van der Waals surface area (Å²) in [7, 11) is 2.93. The maximum atomic E-state index is 13.0. The van der Waals surface area contributed by atoms with Crippen LogP contribution < -0.4 is 9.64 Å². The maximum absolute atomic E-state index is 13.0. The van der Waals surface area contributed by atoms with Gasteiger partial charge in [0.15, 0.2) is 0 Å². The zero-order valence-electron chi connectivity index (χ0n) is 18.5. The number of hydrogen-bond donors (Lipinski definition) is 1. The van der Waals surface area contributed by atoms with Gasteiger partial charge in [-0.3, -0.25) is 9.79 Å². The van der Waals surface area contributed by atoms with Crippen molar-refractivity contribution in [1.29, 1.82) is 0 Å². The molecular weight excluding hydrogens is 433 g/mol. The van der Waals surface area contributed by atoms with Crippen molar-refractivity contribution in [2.45, 2.75) is 45.8 Å². The molecule has 32 heavy (non-hydrogen) atoms. The van der Waals surface area contributed by atoms with Crippen molar-refractivity contribution in [2.24, 2.45) is 10.4 Å². The first-order valence-corrected chi connectivity index (χ1v) is 9.57. The molecule has 0 radical (unpaired) electrons. The number of ether oxygens (including phenoxy) is 2. The van der Waals surface area contributed by atoms with E-state index in [9.17, 15) is 22.8 Å². The lowest BCUT2D eigenvalue weighted by molar-refractivity contribution is -0.192. The summed E-state index contributed by atoms with van der Waals surface area (Å²) in [6.07, 6.45) is -4.30. The lowest BCUT2D eigenvalue weighted by Crippen LogP contribution is -2.43. The summed E-state index contributed by atoms with van der Waals surface area (Å²) in [5.74, 6) is -2.51. The minimum atomic E-state index is -5.08. The number of rotatable bonds is 5. The Labute approximate surface area is 184 Å². The molecule has 0 fully saturated rings. The molecule has 1 aromatic rings. The zero-order valence-corrected chi connectivity index (χ0v) is 18.5. The normalized spacial score (nSPS) is 15.8. The van der Waals surface area contributed by atoms with Gasteiger partial charge in [-0.05, 0) is 17.5 Å². The highest BCUT2D eigenvalue weighted by molar-refractivity contribution is 6.37. The van der Waals surface area contributed by atoms with E-state index in [0.717, 1.165) is 5.69 Å². The van der Waals surface area contributed by atoms with Gasteiger partial charge in [-0.15, -0.1) is 0 Å². The minimum absolute atomic E-state index is 0.00655. The Hall–Kier alpha value is -3.11. The summed E-state index contributed by atoms with van der Waals surface area (Å²) < 4.78 is 41.8. The van der Waals surface area contributed by atoms with Gasteiger partial charge in [0, 0.05) is 24.6 Å². The van der Waals surface area contributed by atoms with Crippen LogP contribution in [-0.2, 0) is 19.1 Å². The fraction of sp³-hybridized carbons (Fsp3) is 0.524. The highest BCUT2D eigenvalue weighted by Crippen LogP contribution is 2.29. The molecule has 0 unspecified atom stereocenters. The molecule has 1 heterocycles. The minimum Gasteiger partial charge on any atom is -0.497 e. The van der Waals surface area contributed by atoms with E-state index in [-0.39, 0.29) is 17.4 Å². The molecule has 0 bridgehead atoms. The van der Waals surface area contributed by atoms with E-state index >= 15 is 0 Å². The number of hydrogen-bond acceptors (Lipinski definition) is 6. The predicted octanol–water partition coefficient (Wildman–Crippen LogP) is 3.48. The average molecular weight is 460 g/mol. The van der Waals surface area contributed by atoms with Gasteiger partial charge >= 0.3 is 18.1 Å². The first kappa shape index (κ1) is 26.9. The van der Waals surface area contributed by atoms with Gasteiger partial charge in [0.2, 0.25) is 5.91 Å². The van der Waals surface area contributed by atoms with Crippen molar-refractivity contribution in [1.82, 2.24) is 0 Å². The number of nitrogens with zero attached hydrogens (tertiary/aromatic N) is 2. The first-order valence-electron chi connectivity index (χ1n) is 9.57. The summed E-state index contributed by atoms with van der Waals surface area (Å²) in [5, 5.41) is 7.12. The highest BCUT2D eigenvalue weighted by atomic mass is 19.4. The van der Waals surface area contributed by atoms with Crippen LogP contribution in [0.5, 0.6) is 5.75 Å². The number of carboxylic acid groups (broad SMARTS) is 1. The van der Waals surface area contributed by atoms with E-state index in [1.165, 1.54) is 7.11 Å². The third-order valence-corrected chi connectivity index (χ3v) is 4.23. The van der Waals surface area contributed by atoms with Gasteiger partial charge in [0.1, 0.15) is 11.5 Å². The molecule has 1 aliphatic rings. The number of carboxylic acids is 1. The molecule has 0 aromatic heterocycles. The summed E-state index contributed by atoms with van der Waals surface area (Å²) in [4.78, 5) is 39.7. The van der Waals surface area contributed by atoms with Crippen LogP contribution in [0.15, 0.2) is 29.3 Å². The van der Waals surface area contributed by atoms with E-state index in [4.69, 9.17) is 19.4 Å². The summed E-state index contributed by atoms with van der Waals surface area (Å²) in [6, 6.07) is 7.19. The van der Waals surface area contributed by atoms with Crippen molar-refractivity contribution in [2.75, 3.05) is 25.7 Å². The summed E-state index contributed by atoms with van der Waals surface area (Å²) in [5.41, 5.74) is 0.989. The van der Waals surface area contributed by atoms with Crippen molar-refractivity contribution in [3.63, 3.8) is 0 Å². The van der Waals surface area contributed by atoms with Crippen LogP contribution in [0.25, 0.3) is 0 Å². The largest absolute Gasteiger partial charge is 0.497 e. The molecule has 0 saturated heterocycles. The van der Waals surface area contributed by atoms with Crippen LogP contribution in [-0.4, -0.2) is 61.6 Å². The zero-order chi connectivity index (χ0) is 24.7. The summed E-state index contributed by atoms with van der Waals surface area (Å²) in [6.45, 7) is 6.47. The lowest BCUT2D eigenvalue weighted by atomic mass is 9.91. The Bertz CT molecular complexity index is 862. The standard InChI is InChI=1S/C19H26N2O4.C2HF3O2/c1-19(2,3)11-17(22)21(13-7-6-8-15(9-13)24-4)14-10-16(20-12-14)18(23)25-5;3-2(4,5)1(6)7/h6-9,14H,10-12H2,1-5H3;(H,6,7)/t14-;/m1./s1. The molecule has 1 atom stereocenters. The Balaban J connectivity index is 0.000000633. The Morgan fingerprint density at radius 2 is 1.78 bits per heavy atom. The predicted molar refractivity (Wildman–Crippen MR) is 111 cm³/mol. The van der Waals surface area contributed by atoms with Gasteiger partial charge in [0.25, 0.3) is 0 Å². The van der Waals surface area contributed by atoms with Crippen molar-refractivity contribution in [3.05, 3.63) is 24.3 Å². The van der Waals surface area contributed by atoms with E-state index in [1.54, 1.807) is 12.0 Å². The van der Waals surface area contributed by atoms with Gasteiger partial charge < -0.3 is 19.5 Å². The fourth-order valence-electron chi connectivity index (χ4n) is 2.86. The third kappa shape index (κ3) is 8.20. The number of amides is 1. The molecule has 8 nitrogen and oxygen atoms in total. The number of aliphatic imine (C=N–C) groups is 1. The number of methoxy groups -OCH3 is 2. The second-order valence-electron chi connectivity index (χ2n) is 8.14. The van der Waals surface area contributed by atoms with Crippen LogP contribution in [0.4, 0.5) is 18.9 Å². The van der Waals surface area contributed by atoms with Gasteiger partial charge in [-0.25, -0.2) is 9.59 Å². The van der Waals surface area contributed by atoms with E-state index in [0.29, 0.717) is 30.8 Å². The van der Waals surface area contributed by atoms with E-state index in [2.05, 4.69) is 4.99 Å². The molecule has 178 valence electrons. The molecule has 2 rings (SSSR count). The Kier molecular flexibility index (Phi) is 9.22. The second-order valence-corrected chi connectivity index (χ2v) is 8.14. The maximum Gasteiger partial charge on any atom is 0.490 e. The quantitative estimate of drug-likeness (QED) is 0.675. The molecule has 1 aromatic carbocycles. The van der Waals surface area contributed by atoms with Gasteiger partial charge in [0.05, 0.1) is 26.8 Å². The fourth-order valence-corrected chi connectivity index (χ4v) is 2.86. The molecule has 1 N–H and O–H groups in total. The van der Waals surface area contributed by atoms with Crippen molar-refractivity contribution in [3.8, 4) is 5.75 Å². The van der Waals surface area contributed by atoms with E-state index in [1.807, 2.05) is 45.0 Å². The number of halogens is 3. The number of alkyl halides is 3. The number of benzene rings is 1. The van der Waals surface area contributed by atoms with Gasteiger partial charge in [-0.1, -0.05) is 26.8 Å². The Morgan fingerprint density at radius 3 is 2.25 bits per heavy atom. The number of aliphatic carboxylic acids is 1. The van der Waals surface area contributed by atoms with Crippen molar-refractivity contribution < 1.29 is 42.1 Å². The van der Waals surface area contributed by atoms with E-state index < -0.39 is 18.1 Å². The third-order valence-electron chi connectivity index (χ3n) is 4.23. The number of carbonyl (C=O) groups excluding carboxylic acids is 2. The number of anilines is 1. The smallest absolute Gasteiger partial charge is 0.490 e. The molecule has 0 aliphatic carbocycles. The summed E-state index contributed by atoms with van der Waals surface area (Å²) >= 11 is 0. The SMILES string of the molecule is COC(=O)C1=NC[C@H](N(C(=O)CC(C)(C)C)c2cccc(OC)c2)C1.O=C(O)C(F)(F)F. The van der Waals surface area contributed by atoms with Gasteiger partial charge in [-0.2, -0.15) is 13.2 Å². The average Bonchev–Trinajstić information content (AvgIpc) is 3.15. The molecule has 0 saturated carbocycles. The molecule has 0 spiro atoms. The van der Waals surface area contributed by atoms with Crippen LogP contribution in [0.2, 0.25) is 0 Å². The molecule has 1 amide bonds. The monoisotopic (exact) mass is 460 g/mol. The molecule has 1 aliphatic heterocycles. The van der Waals surface area contributed by atoms with Crippen LogP contribution >= 0.6 is 0 Å². The van der Waals surface area contributed by atoms with Crippen molar-refractivity contribution >= 4 is 29.2 Å². The second kappa shape index (κ2) is 11.0. The Morgan fingerprint density at radius 1 is 1.19 bits per heavy atom. The van der Waals surface area contributed by atoms with Crippen LogP contribution in [0, 0.1) is 5.41 Å². The highest BCUT2D eigenvalue weighted by Gasteiger charge is 2.38.